The van der Waals surface area contributed by atoms with Crippen LogP contribution in [0.4, 0.5) is 5.69 Å². The summed E-state index contributed by atoms with van der Waals surface area (Å²) in [5, 5.41) is 12.5. The van der Waals surface area contributed by atoms with Gasteiger partial charge in [-0.15, -0.1) is 0 Å². The first-order valence-corrected chi connectivity index (χ1v) is 9.94. The number of carbonyl (C=O) groups excluding carboxylic acids is 3. The zero-order chi connectivity index (χ0) is 22.8. The van der Waals surface area contributed by atoms with Crippen molar-refractivity contribution < 1.29 is 29.0 Å². The molecule has 9 heteroatoms. The second kappa shape index (κ2) is 11.9. The van der Waals surface area contributed by atoms with Crippen molar-refractivity contribution >= 4 is 35.1 Å². The van der Waals surface area contributed by atoms with Crippen LogP contribution in [0.3, 0.4) is 0 Å². The van der Waals surface area contributed by atoms with E-state index in [1.165, 1.54) is 12.0 Å². The van der Waals surface area contributed by atoms with E-state index in [-0.39, 0.29) is 13.2 Å². The molecule has 0 unspecified atom stereocenters. The van der Waals surface area contributed by atoms with E-state index in [2.05, 4.69) is 5.32 Å². The first-order chi connectivity index (χ1) is 14.8. The average Bonchev–Trinajstić information content (AvgIpc) is 2.79. The van der Waals surface area contributed by atoms with E-state index in [1.54, 1.807) is 43.3 Å². The van der Waals surface area contributed by atoms with Crippen LogP contribution in [0.15, 0.2) is 54.6 Å². The summed E-state index contributed by atoms with van der Waals surface area (Å²) in [4.78, 5) is 38.5. The minimum absolute atomic E-state index is 0.0147. The number of halogens is 1. The predicted molar refractivity (Wildman–Crippen MR) is 116 cm³/mol. The smallest absolute Gasteiger partial charge is 0.331 e. The highest BCUT2D eigenvalue weighted by molar-refractivity contribution is 6.30. The zero-order valence-electron chi connectivity index (χ0n) is 17.3. The molecule has 0 saturated carbocycles. The van der Waals surface area contributed by atoms with Crippen molar-refractivity contribution in [2.24, 2.45) is 0 Å². The van der Waals surface area contributed by atoms with Gasteiger partial charge in [-0.1, -0.05) is 41.9 Å². The number of nitrogens with one attached hydrogen (secondary N) is 1. The van der Waals surface area contributed by atoms with Crippen molar-refractivity contribution in [2.75, 3.05) is 25.2 Å². The molecule has 0 aliphatic heterocycles. The number of benzene rings is 2. The van der Waals surface area contributed by atoms with Gasteiger partial charge >= 0.3 is 11.9 Å². The lowest BCUT2D eigenvalue weighted by atomic mass is 10.2. The lowest BCUT2D eigenvalue weighted by Gasteiger charge is -2.30. The predicted octanol–water partition coefficient (Wildman–Crippen LogP) is 1.93. The van der Waals surface area contributed by atoms with Crippen molar-refractivity contribution in [3.05, 3.63) is 65.2 Å². The summed E-state index contributed by atoms with van der Waals surface area (Å²) in [6.07, 6.45) is 0. The number of hydrogen-bond acceptors (Lipinski definition) is 7. The Morgan fingerprint density at radius 1 is 1.10 bits per heavy atom. The molecule has 0 heterocycles. The van der Waals surface area contributed by atoms with Gasteiger partial charge in [0.05, 0.1) is 13.7 Å². The number of aliphatic hydroxyl groups is 1. The maximum Gasteiger partial charge on any atom is 0.331 e. The molecule has 0 saturated heterocycles. The standard InChI is InChI=1S/C22H25ClN2O6/c1-15(25(12-20(27)30-2)18-10-8-17(23)9-11-18)21(28)24-19(13-26)22(29)31-14-16-6-4-3-5-7-16/h3-11,15,19,26H,12-14H2,1-2H3,(H,24,28)/t15-,19+/m1/s1. The maximum absolute atomic E-state index is 12.8. The van der Waals surface area contributed by atoms with Gasteiger partial charge in [-0.3, -0.25) is 9.59 Å². The van der Waals surface area contributed by atoms with Gasteiger partial charge in [0.2, 0.25) is 5.91 Å². The van der Waals surface area contributed by atoms with Crippen LogP contribution in [-0.4, -0.2) is 55.3 Å². The summed E-state index contributed by atoms with van der Waals surface area (Å²) in [5.74, 6) is -1.89. The molecule has 0 bridgehead atoms. The van der Waals surface area contributed by atoms with Crippen molar-refractivity contribution in [3.8, 4) is 0 Å². The highest BCUT2D eigenvalue weighted by atomic mass is 35.5. The van der Waals surface area contributed by atoms with Gasteiger partial charge in [0.15, 0.2) is 6.04 Å². The highest BCUT2D eigenvalue weighted by Crippen LogP contribution is 2.20. The van der Waals surface area contributed by atoms with Crippen LogP contribution >= 0.6 is 11.6 Å². The number of anilines is 1. The summed E-state index contributed by atoms with van der Waals surface area (Å²) in [6, 6.07) is 13.5. The van der Waals surface area contributed by atoms with Crippen LogP contribution in [0, 0.1) is 0 Å². The molecule has 2 N–H and O–H groups in total. The molecule has 0 aliphatic rings. The first kappa shape index (κ1) is 24.2. The molecular weight excluding hydrogens is 424 g/mol. The van der Waals surface area contributed by atoms with Gasteiger partial charge in [0, 0.05) is 10.7 Å². The van der Waals surface area contributed by atoms with Gasteiger partial charge in [0.1, 0.15) is 19.2 Å². The third-order valence-corrected chi connectivity index (χ3v) is 4.79. The van der Waals surface area contributed by atoms with Gasteiger partial charge in [-0.2, -0.15) is 0 Å². The molecular formula is C22H25ClN2O6. The fourth-order valence-electron chi connectivity index (χ4n) is 2.73. The Bertz CT molecular complexity index is 875. The maximum atomic E-state index is 12.8. The van der Waals surface area contributed by atoms with E-state index < -0.39 is 36.5 Å². The molecule has 0 spiro atoms. The highest BCUT2D eigenvalue weighted by Gasteiger charge is 2.29. The Balaban J connectivity index is 2.06. The molecule has 0 fully saturated rings. The molecule has 2 aromatic rings. The number of esters is 2. The monoisotopic (exact) mass is 448 g/mol. The molecule has 31 heavy (non-hydrogen) atoms. The van der Waals surface area contributed by atoms with Crippen LogP contribution in [0.2, 0.25) is 5.02 Å². The van der Waals surface area contributed by atoms with Crippen molar-refractivity contribution in [2.45, 2.75) is 25.6 Å². The van der Waals surface area contributed by atoms with Crippen molar-refractivity contribution in [1.82, 2.24) is 5.32 Å². The molecule has 1 amide bonds. The molecule has 8 nitrogen and oxygen atoms in total. The summed E-state index contributed by atoms with van der Waals surface area (Å²) in [5.41, 5.74) is 1.34. The summed E-state index contributed by atoms with van der Waals surface area (Å²) < 4.78 is 9.90. The van der Waals surface area contributed by atoms with Gasteiger partial charge < -0.3 is 24.8 Å². The number of ether oxygens (including phenoxy) is 2. The molecule has 2 rings (SSSR count). The van der Waals surface area contributed by atoms with Gasteiger partial charge in [-0.05, 0) is 36.8 Å². The second-order valence-corrected chi connectivity index (χ2v) is 7.13. The third kappa shape index (κ3) is 7.27. The minimum Gasteiger partial charge on any atom is -0.468 e. The SMILES string of the molecule is COC(=O)CN(c1ccc(Cl)cc1)[C@H](C)C(=O)N[C@@H](CO)C(=O)OCc1ccccc1. The van der Waals surface area contributed by atoms with Crippen LogP contribution in [0.25, 0.3) is 0 Å². The largest absolute Gasteiger partial charge is 0.468 e. The Hall–Kier alpha value is -3.10. The van der Waals surface area contributed by atoms with E-state index >= 15 is 0 Å². The number of nitrogens with zero attached hydrogens (tertiary/aromatic N) is 1. The number of hydrogen-bond donors (Lipinski definition) is 2. The Labute approximate surface area is 185 Å². The quantitative estimate of drug-likeness (QED) is 0.535. The number of amides is 1. The summed E-state index contributed by atoms with van der Waals surface area (Å²) in [7, 11) is 1.25. The zero-order valence-corrected chi connectivity index (χ0v) is 18.0. The Morgan fingerprint density at radius 2 is 1.74 bits per heavy atom. The molecule has 2 aromatic carbocycles. The van der Waals surface area contributed by atoms with Crippen molar-refractivity contribution in [1.29, 1.82) is 0 Å². The van der Waals surface area contributed by atoms with E-state index in [0.717, 1.165) is 5.56 Å². The van der Waals surface area contributed by atoms with E-state index in [9.17, 15) is 19.5 Å². The summed E-state index contributed by atoms with van der Waals surface area (Å²) in [6.45, 7) is 0.746. The lowest BCUT2D eigenvalue weighted by Crippen LogP contribution is -2.53. The van der Waals surface area contributed by atoms with Gasteiger partial charge in [-0.25, -0.2) is 4.79 Å². The Kier molecular flexibility index (Phi) is 9.30. The van der Waals surface area contributed by atoms with Crippen LogP contribution < -0.4 is 10.2 Å². The minimum atomic E-state index is -1.25. The topological polar surface area (TPSA) is 105 Å². The first-order valence-electron chi connectivity index (χ1n) is 9.56. The molecule has 166 valence electrons. The number of aliphatic hydroxyl groups excluding tert-OH is 1. The molecule has 2 atom stereocenters. The number of methoxy groups -OCH3 is 1. The molecule has 0 radical (unpaired) electrons. The fraction of sp³-hybridized carbons (Fsp3) is 0.318. The van der Waals surface area contributed by atoms with Crippen LogP contribution in [-0.2, 0) is 30.5 Å². The number of carbonyl (C=O) groups is 3. The fourth-order valence-corrected chi connectivity index (χ4v) is 2.86. The number of rotatable bonds is 10. The average molecular weight is 449 g/mol. The van der Waals surface area contributed by atoms with Crippen LogP contribution in [0.5, 0.6) is 0 Å². The third-order valence-electron chi connectivity index (χ3n) is 4.54. The normalized spacial score (nSPS) is 12.4. The summed E-state index contributed by atoms with van der Waals surface area (Å²) >= 11 is 5.92. The van der Waals surface area contributed by atoms with E-state index in [1.807, 2.05) is 18.2 Å². The van der Waals surface area contributed by atoms with Gasteiger partial charge in [0.25, 0.3) is 0 Å². The van der Waals surface area contributed by atoms with Crippen LogP contribution in [0.1, 0.15) is 12.5 Å². The second-order valence-electron chi connectivity index (χ2n) is 6.69. The molecule has 0 aromatic heterocycles. The molecule has 0 aliphatic carbocycles. The van der Waals surface area contributed by atoms with Crippen molar-refractivity contribution in [3.63, 3.8) is 0 Å². The Morgan fingerprint density at radius 3 is 2.32 bits per heavy atom. The lowest BCUT2D eigenvalue weighted by molar-refractivity contribution is -0.150. The van der Waals surface area contributed by atoms with E-state index in [0.29, 0.717) is 10.7 Å². The van der Waals surface area contributed by atoms with E-state index in [4.69, 9.17) is 21.1 Å².